The fraction of sp³-hybridized carbons (Fsp3) is 0.857. The first-order valence-electron chi connectivity index (χ1n) is 3.76. The first kappa shape index (κ1) is 8.49. The van der Waals surface area contributed by atoms with Crippen LogP contribution in [0.1, 0.15) is 12.8 Å². The number of carbonyl (C=O) groups is 1. The molecule has 0 spiro atoms. The lowest BCUT2D eigenvalue weighted by atomic mass is 10.1. The smallest absolute Gasteiger partial charge is 0.307 e. The summed E-state index contributed by atoms with van der Waals surface area (Å²) in [6.45, 7) is 1.52. The molecule has 0 aromatic carbocycles. The molecule has 4 nitrogen and oxygen atoms in total. The second-order valence-corrected chi connectivity index (χ2v) is 2.58. The number of methoxy groups -OCH3 is 1. The molecule has 1 heterocycles. The maximum absolute atomic E-state index is 10.8. The van der Waals surface area contributed by atoms with Crippen molar-refractivity contribution in [2.45, 2.75) is 18.9 Å². The number of hydrogen-bond acceptors (Lipinski definition) is 3. The SMILES string of the molecule is COC(=O)CC1CC[N]CN1. The van der Waals surface area contributed by atoms with Crippen molar-refractivity contribution in [2.75, 3.05) is 20.3 Å². The van der Waals surface area contributed by atoms with Crippen LogP contribution in [0.4, 0.5) is 0 Å². The van der Waals surface area contributed by atoms with E-state index in [0.717, 1.165) is 13.0 Å². The topological polar surface area (TPSA) is 52.4 Å². The van der Waals surface area contributed by atoms with Crippen molar-refractivity contribution in [3.63, 3.8) is 0 Å². The van der Waals surface area contributed by atoms with E-state index in [1.165, 1.54) is 7.11 Å². The van der Waals surface area contributed by atoms with E-state index in [-0.39, 0.29) is 12.0 Å². The van der Waals surface area contributed by atoms with Gasteiger partial charge >= 0.3 is 5.97 Å². The van der Waals surface area contributed by atoms with Crippen molar-refractivity contribution in [3.8, 4) is 0 Å². The second-order valence-electron chi connectivity index (χ2n) is 2.58. The molecule has 1 fully saturated rings. The van der Waals surface area contributed by atoms with Crippen LogP contribution in [0.3, 0.4) is 0 Å². The van der Waals surface area contributed by atoms with Gasteiger partial charge in [-0.05, 0) is 6.42 Å². The van der Waals surface area contributed by atoms with Crippen LogP contribution in [-0.2, 0) is 9.53 Å². The molecule has 1 radical (unpaired) electrons. The Hall–Kier alpha value is -0.610. The molecular formula is C7H13N2O2. The predicted octanol–water partition coefficient (Wildman–Crippen LogP) is -0.527. The first-order valence-corrected chi connectivity index (χ1v) is 3.76. The van der Waals surface area contributed by atoms with Crippen LogP contribution in [0.5, 0.6) is 0 Å². The lowest BCUT2D eigenvalue weighted by Gasteiger charge is -2.21. The summed E-state index contributed by atoms with van der Waals surface area (Å²) >= 11 is 0. The van der Waals surface area contributed by atoms with Gasteiger partial charge in [-0.1, -0.05) is 0 Å². The first-order chi connectivity index (χ1) is 5.33. The van der Waals surface area contributed by atoms with Crippen LogP contribution in [0, 0.1) is 0 Å². The van der Waals surface area contributed by atoms with Crippen LogP contribution in [0.2, 0.25) is 0 Å². The molecule has 1 N–H and O–H groups in total. The monoisotopic (exact) mass is 157 g/mol. The van der Waals surface area contributed by atoms with Gasteiger partial charge in [-0.25, -0.2) is 5.32 Å². The quantitative estimate of drug-likeness (QED) is 0.548. The summed E-state index contributed by atoms with van der Waals surface area (Å²) in [5.41, 5.74) is 0. The molecule has 4 heteroatoms. The average molecular weight is 157 g/mol. The highest BCUT2D eigenvalue weighted by molar-refractivity contribution is 5.69. The number of carbonyl (C=O) groups excluding carboxylic acids is 1. The van der Waals surface area contributed by atoms with E-state index >= 15 is 0 Å². The molecule has 63 valence electrons. The van der Waals surface area contributed by atoms with Crippen molar-refractivity contribution >= 4 is 5.97 Å². The minimum atomic E-state index is -0.149. The van der Waals surface area contributed by atoms with Crippen molar-refractivity contribution in [3.05, 3.63) is 0 Å². The number of rotatable bonds is 2. The summed E-state index contributed by atoms with van der Waals surface area (Å²) in [5.74, 6) is -0.149. The van der Waals surface area contributed by atoms with Gasteiger partial charge in [0.15, 0.2) is 0 Å². The number of hydrogen-bond donors (Lipinski definition) is 1. The minimum Gasteiger partial charge on any atom is -0.469 e. The molecule has 0 bridgehead atoms. The van der Waals surface area contributed by atoms with Gasteiger partial charge in [0.25, 0.3) is 0 Å². The molecule has 1 rings (SSSR count). The summed E-state index contributed by atoms with van der Waals surface area (Å²) in [7, 11) is 1.41. The molecule has 0 saturated carbocycles. The van der Waals surface area contributed by atoms with E-state index in [4.69, 9.17) is 0 Å². The van der Waals surface area contributed by atoms with Gasteiger partial charge in [-0.3, -0.25) is 10.1 Å². The van der Waals surface area contributed by atoms with Gasteiger partial charge in [0.1, 0.15) is 0 Å². The molecule has 1 saturated heterocycles. The summed E-state index contributed by atoms with van der Waals surface area (Å²) in [6.07, 6.45) is 1.40. The van der Waals surface area contributed by atoms with Gasteiger partial charge in [0.05, 0.1) is 20.2 Å². The minimum absolute atomic E-state index is 0.149. The zero-order valence-electron chi connectivity index (χ0n) is 6.67. The maximum atomic E-state index is 10.8. The number of esters is 1. The standard InChI is InChI=1S/C7H13N2O2/c1-11-7(10)4-6-2-3-8-5-9-6/h6,9H,2-5H2,1H3. The fourth-order valence-electron chi connectivity index (χ4n) is 1.08. The third-order valence-electron chi connectivity index (χ3n) is 1.77. The third-order valence-corrected chi connectivity index (χ3v) is 1.77. The Morgan fingerprint density at radius 3 is 3.18 bits per heavy atom. The molecule has 1 atom stereocenters. The highest BCUT2D eigenvalue weighted by Crippen LogP contribution is 2.01. The molecule has 11 heavy (non-hydrogen) atoms. The molecule has 1 unspecified atom stereocenters. The Kier molecular flexibility index (Phi) is 3.32. The van der Waals surface area contributed by atoms with Crippen molar-refractivity contribution in [2.24, 2.45) is 0 Å². The maximum Gasteiger partial charge on any atom is 0.307 e. The Bertz CT molecular complexity index is 132. The molecule has 0 aromatic heterocycles. The van der Waals surface area contributed by atoms with Crippen LogP contribution < -0.4 is 10.6 Å². The number of nitrogens with zero attached hydrogens (tertiary/aromatic N) is 1. The van der Waals surface area contributed by atoms with Crippen molar-refractivity contribution in [1.29, 1.82) is 0 Å². The van der Waals surface area contributed by atoms with Crippen molar-refractivity contribution in [1.82, 2.24) is 10.6 Å². The van der Waals surface area contributed by atoms with Crippen LogP contribution in [0.15, 0.2) is 0 Å². The lowest BCUT2D eigenvalue weighted by Crippen LogP contribution is -2.42. The summed E-state index contributed by atoms with van der Waals surface area (Å²) in [4.78, 5) is 10.8. The van der Waals surface area contributed by atoms with E-state index in [2.05, 4.69) is 15.4 Å². The number of nitrogens with one attached hydrogen (secondary N) is 1. The zero-order valence-corrected chi connectivity index (χ0v) is 6.67. The van der Waals surface area contributed by atoms with E-state index in [1.807, 2.05) is 0 Å². The largest absolute Gasteiger partial charge is 0.469 e. The van der Waals surface area contributed by atoms with Crippen molar-refractivity contribution < 1.29 is 9.53 Å². The van der Waals surface area contributed by atoms with E-state index < -0.39 is 0 Å². The Labute approximate surface area is 66.3 Å². The molecule has 0 aliphatic carbocycles. The zero-order chi connectivity index (χ0) is 8.10. The molecule has 0 amide bonds. The molecular weight excluding hydrogens is 144 g/mol. The molecule has 1 aliphatic heterocycles. The predicted molar refractivity (Wildman–Crippen MR) is 40.0 cm³/mol. The summed E-state index contributed by atoms with van der Waals surface area (Å²) in [5, 5.41) is 7.21. The molecule has 0 aromatic rings. The third kappa shape index (κ3) is 2.86. The normalized spacial score (nSPS) is 24.6. The Balaban J connectivity index is 2.19. The lowest BCUT2D eigenvalue weighted by molar-refractivity contribution is -0.141. The van der Waals surface area contributed by atoms with E-state index in [9.17, 15) is 4.79 Å². The molecule has 1 aliphatic rings. The van der Waals surface area contributed by atoms with E-state index in [0.29, 0.717) is 13.1 Å². The van der Waals surface area contributed by atoms with Crippen LogP contribution >= 0.6 is 0 Å². The summed E-state index contributed by atoms with van der Waals surface area (Å²) in [6, 6.07) is 0.264. The Morgan fingerprint density at radius 2 is 2.64 bits per heavy atom. The highest BCUT2D eigenvalue weighted by Gasteiger charge is 2.16. The van der Waals surface area contributed by atoms with Gasteiger partial charge < -0.3 is 4.74 Å². The Morgan fingerprint density at radius 1 is 1.82 bits per heavy atom. The van der Waals surface area contributed by atoms with Gasteiger partial charge in [0.2, 0.25) is 0 Å². The van der Waals surface area contributed by atoms with Gasteiger partial charge in [-0.15, -0.1) is 0 Å². The highest BCUT2D eigenvalue weighted by atomic mass is 16.5. The van der Waals surface area contributed by atoms with E-state index in [1.54, 1.807) is 0 Å². The van der Waals surface area contributed by atoms with Crippen LogP contribution in [-0.4, -0.2) is 32.3 Å². The van der Waals surface area contributed by atoms with Gasteiger partial charge in [0, 0.05) is 12.6 Å². The second kappa shape index (κ2) is 4.31. The average Bonchev–Trinajstić information content (AvgIpc) is 2.06. The number of ether oxygens (including phenoxy) is 1. The van der Waals surface area contributed by atoms with Crippen LogP contribution in [0.25, 0.3) is 0 Å². The fourth-order valence-corrected chi connectivity index (χ4v) is 1.08. The summed E-state index contributed by atoms with van der Waals surface area (Å²) < 4.78 is 4.54. The van der Waals surface area contributed by atoms with Gasteiger partial charge in [-0.2, -0.15) is 0 Å².